The maximum absolute atomic E-state index is 13.2. The van der Waals surface area contributed by atoms with Gasteiger partial charge in [0.1, 0.15) is 11.6 Å². The SMILES string of the molecule is CCCCCCCCCCCCCCOCC(CNC(=O)C1CCCN1C(=O)OC(C)(C)C)OCCCCCCCCCCCCCC. The summed E-state index contributed by atoms with van der Waals surface area (Å²) in [6, 6.07) is -0.487. The van der Waals surface area contributed by atoms with Gasteiger partial charge in [0.15, 0.2) is 0 Å². The summed E-state index contributed by atoms with van der Waals surface area (Å²) in [7, 11) is 0. The second kappa shape index (κ2) is 30.5. The summed E-state index contributed by atoms with van der Waals surface area (Å²) in [6.45, 7) is 13.0. The summed E-state index contributed by atoms with van der Waals surface area (Å²) in [6.07, 6.45) is 32.6. The first-order valence-corrected chi connectivity index (χ1v) is 20.7. The van der Waals surface area contributed by atoms with Crippen LogP contribution in [0.25, 0.3) is 0 Å². The molecule has 2 atom stereocenters. The van der Waals surface area contributed by atoms with Crippen LogP contribution in [-0.2, 0) is 19.0 Å². The van der Waals surface area contributed by atoms with Crippen LogP contribution in [0.2, 0.25) is 0 Å². The molecule has 1 N–H and O–H groups in total. The number of hydrogen-bond acceptors (Lipinski definition) is 5. The molecule has 1 aliphatic rings. The standard InChI is InChI=1S/C41H80N2O5/c1-6-8-10-12-14-16-18-20-22-24-26-28-33-46-36-37(47-34-29-27-25-23-21-19-17-15-13-11-9-7-2)35-42-39(44)38-31-30-32-43(38)40(45)48-41(3,4)5/h37-38H,6-36H2,1-5H3,(H,42,44). The molecule has 1 heterocycles. The molecular weight excluding hydrogens is 600 g/mol. The summed E-state index contributed by atoms with van der Waals surface area (Å²) < 4.78 is 17.9. The zero-order chi connectivity index (χ0) is 35.1. The number of hydrogen-bond donors (Lipinski definition) is 1. The molecule has 0 aliphatic carbocycles. The Kier molecular flexibility index (Phi) is 28.4. The Labute approximate surface area is 297 Å². The van der Waals surface area contributed by atoms with Gasteiger partial charge in [0.25, 0.3) is 0 Å². The van der Waals surface area contributed by atoms with E-state index in [0.29, 0.717) is 32.7 Å². The fourth-order valence-corrected chi connectivity index (χ4v) is 6.53. The number of rotatable bonds is 32. The number of likely N-dealkylation sites (tertiary alicyclic amines) is 1. The normalized spacial score (nSPS) is 15.6. The van der Waals surface area contributed by atoms with Crippen LogP contribution in [-0.4, -0.2) is 67.6 Å². The summed E-state index contributed by atoms with van der Waals surface area (Å²) in [5.41, 5.74) is -0.585. The number of nitrogens with zero attached hydrogens (tertiary/aromatic N) is 1. The Morgan fingerprint density at radius 2 is 1.10 bits per heavy atom. The van der Waals surface area contributed by atoms with Gasteiger partial charge in [0.2, 0.25) is 5.91 Å². The van der Waals surface area contributed by atoms with E-state index in [1.54, 1.807) is 4.90 Å². The minimum Gasteiger partial charge on any atom is -0.444 e. The molecule has 284 valence electrons. The molecule has 1 fully saturated rings. The van der Waals surface area contributed by atoms with Crippen LogP contribution >= 0.6 is 0 Å². The quantitative estimate of drug-likeness (QED) is 0.0716. The van der Waals surface area contributed by atoms with Gasteiger partial charge in [-0.25, -0.2) is 4.79 Å². The molecule has 0 aromatic carbocycles. The van der Waals surface area contributed by atoms with Gasteiger partial charge in [0.05, 0.1) is 12.7 Å². The molecule has 1 rings (SSSR count). The van der Waals surface area contributed by atoms with E-state index in [9.17, 15) is 9.59 Å². The molecule has 1 saturated heterocycles. The third kappa shape index (κ3) is 25.6. The highest BCUT2D eigenvalue weighted by molar-refractivity contribution is 5.86. The smallest absolute Gasteiger partial charge is 0.410 e. The molecule has 0 spiro atoms. The van der Waals surface area contributed by atoms with Gasteiger partial charge in [-0.15, -0.1) is 0 Å². The molecule has 1 aliphatic heterocycles. The van der Waals surface area contributed by atoms with Crippen molar-refractivity contribution in [3.63, 3.8) is 0 Å². The van der Waals surface area contributed by atoms with E-state index in [-0.39, 0.29) is 12.0 Å². The largest absolute Gasteiger partial charge is 0.444 e. The lowest BCUT2D eigenvalue weighted by Gasteiger charge is -2.28. The summed E-state index contributed by atoms with van der Waals surface area (Å²) in [5.74, 6) is -0.127. The monoisotopic (exact) mass is 681 g/mol. The summed E-state index contributed by atoms with van der Waals surface area (Å²) in [4.78, 5) is 27.4. The minimum absolute atomic E-state index is 0.127. The highest BCUT2D eigenvalue weighted by Crippen LogP contribution is 2.21. The van der Waals surface area contributed by atoms with Crippen molar-refractivity contribution in [3.05, 3.63) is 0 Å². The van der Waals surface area contributed by atoms with Gasteiger partial charge < -0.3 is 19.5 Å². The van der Waals surface area contributed by atoms with Gasteiger partial charge >= 0.3 is 6.09 Å². The molecule has 7 nitrogen and oxygen atoms in total. The third-order valence-electron chi connectivity index (χ3n) is 9.48. The van der Waals surface area contributed by atoms with Crippen molar-refractivity contribution in [3.8, 4) is 0 Å². The van der Waals surface area contributed by atoms with E-state index in [1.165, 1.54) is 141 Å². The average molecular weight is 681 g/mol. The van der Waals surface area contributed by atoms with Crippen LogP contribution in [0.3, 0.4) is 0 Å². The molecule has 48 heavy (non-hydrogen) atoms. The highest BCUT2D eigenvalue weighted by atomic mass is 16.6. The highest BCUT2D eigenvalue weighted by Gasteiger charge is 2.36. The van der Waals surface area contributed by atoms with Gasteiger partial charge in [-0.1, -0.05) is 155 Å². The lowest BCUT2D eigenvalue weighted by molar-refractivity contribution is -0.126. The lowest BCUT2D eigenvalue weighted by atomic mass is 10.1. The van der Waals surface area contributed by atoms with Gasteiger partial charge in [-0.3, -0.25) is 9.69 Å². The number of unbranched alkanes of at least 4 members (excludes halogenated alkanes) is 22. The molecule has 2 amide bonds. The number of carbonyl (C=O) groups is 2. The predicted octanol–water partition coefficient (Wildman–Crippen LogP) is 11.3. The topological polar surface area (TPSA) is 77.1 Å². The van der Waals surface area contributed by atoms with E-state index in [4.69, 9.17) is 14.2 Å². The van der Waals surface area contributed by atoms with Crippen LogP contribution in [0.5, 0.6) is 0 Å². The average Bonchev–Trinajstić information content (AvgIpc) is 3.55. The molecule has 0 radical (unpaired) electrons. The fourth-order valence-electron chi connectivity index (χ4n) is 6.53. The molecule has 0 aromatic rings. The van der Waals surface area contributed by atoms with Crippen LogP contribution < -0.4 is 5.32 Å². The second-order valence-electron chi connectivity index (χ2n) is 15.4. The third-order valence-corrected chi connectivity index (χ3v) is 9.48. The van der Waals surface area contributed by atoms with Gasteiger partial charge in [-0.05, 0) is 46.5 Å². The lowest BCUT2D eigenvalue weighted by Crippen LogP contribution is -2.49. The zero-order valence-electron chi connectivity index (χ0n) is 32.6. The predicted molar refractivity (Wildman–Crippen MR) is 202 cm³/mol. The Morgan fingerprint density at radius 1 is 0.667 bits per heavy atom. The Hall–Kier alpha value is -1.34. The van der Waals surface area contributed by atoms with E-state index < -0.39 is 17.7 Å². The number of carbonyl (C=O) groups excluding carboxylic acids is 2. The van der Waals surface area contributed by atoms with Crippen LogP contribution in [0.4, 0.5) is 4.79 Å². The van der Waals surface area contributed by atoms with E-state index in [2.05, 4.69) is 19.2 Å². The molecule has 0 saturated carbocycles. The molecule has 2 unspecified atom stereocenters. The van der Waals surface area contributed by atoms with Gasteiger partial charge in [-0.2, -0.15) is 0 Å². The Balaban J connectivity index is 2.33. The van der Waals surface area contributed by atoms with Crippen molar-refractivity contribution in [2.24, 2.45) is 0 Å². The first kappa shape index (κ1) is 44.7. The maximum Gasteiger partial charge on any atom is 0.410 e. The van der Waals surface area contributed by atoms with E-state index in [0.717, 1.165) is 25.9 Å². The first-order valence-electron chi connectivity index (χ1n) is 20.7. The number of nitrogens with one attached hydrogen (secondary N) is 1. The fraction of sp³-hybridized carbons (Fsp3) is 0.951. The summed E-state index contributed by atoms with van der Waals surface area (Å²) in [5, 5.41) is 3.08. The van der Waals surface area contributed by atoms with Crippen molar-refractivity contribution in [1.29, 1.82) is 0 Å². The number of ether oxygens (including phenoxy) is 3. The molecule has 7 heteroatoms. The molecule has 0 aromatic heterocycles. The van der Waals surface area contributed by atoms with Crippen molar-refractivity contribution in [2.75, 3.05) is 32.9 Å². The minimum atomic E-state index is -0.585. The first-order chi connectivity index (χ1) is 23.3. The van der Waals surface area contributed by atoms with E-state index in [1.807, 2.05) is 20.8 Å². The van der Waals surface area contributed by atoms with Crippen molar-refractivity contribution in [1.82, 2.24) is 10.2 Å². The Bertz CT molecular complexity index is 756. The van der Waals surface area contributed by atoms with Crippen molar-refractivity contribution >= 4 is 12.0 Å². The van der Waals surface area contributed by atoms with Crippen molar-refractivity contribution in [2.45, 2.75) is 219 Å². The maximum atomic E-state index is 13.2. The second-order valence-corrected chi connectivity index (χ2v) is 15.4. The molecule has 0 bridgehead atoms. The number of amides is 2. The van der Waals surface area contributed by atoms with Crippen LogP contribution in [0, 0.1) is 0 Å². The van der Waals surface area contributed by atoms with Crippen LogP contribution in [0.1, 0.15) is 202 Å². The van der Waals surface area contributed by atoms with Crippen LogP contribution in [0.15, 0.2) is 0 Å². The van der Waals surface area contributed by atoms with Gasteiger partial charge in [0, 0.05) is 26.3 Å². The zero-order valence-corrected chi connectivity index (χ0v) is 32.6. The Morgan fingerprint density at radius 3 is 1.56 bits per heavy atom. The van der Waals surface area contributed by atoms with Crippen molar-refractivity contribution < 1.29 is 23.8 Å². The summed E-state index contributed by atoms with van der Waals surface area (Å²) >= 11 is 0. The molecular formula is C41H80N2O5. The van der Waals surface area contributed by atoms with E-state index >= 15 is 0 Å².